The Morgan fingerprint density at radius 1 is 0.788 bits per heavy atom. The second-order valence-electron chi connectivity index (χ2n) is 16.9. The topological polar surface area (TPSA) is 150 Å². The SMILES string of the molecule is COc1ccc(C#Cc2ccc3c(c2)[C@]2(C(=O)N3C3(N[C@@H](C)c4ccccc4)CO3)[C@H](c3cccc(OCCO)c3)N3[C@H](c4ccccc4)[C@H](c4ccccc4)OC(=O)[C@H]3[C@@H]2C(=O)O)cc1. The molecule has 12 heteroatoms. The molecule has 6 aromatic carbocycles. The lowest BCUT2D eigenvalue weighted by atomic mass is 9.65. The molecule has 0 bridgehead atoms. The monoisotopic (exact) mass is 881 g/mol. The zero-order valence-corrected chi connectivity index (χ0v) is 36.2. The van der Waals surface area contributed by atoms with Gasteiger partial charge in [0.1, 0.15) is 48.2 Å². The van der Waals surface area contributed by atoms with Crippen LogP contribution in [0.1, 0.15) is 70.1 Å². The van der Waals surface area contributed by atoms with Gasteiger partial charge in [-0.05, 0) is 89.3 Å². The van der Waals surface area contributed by atoms with Gasteiger partial charge >= 0.3 is 11.9 Å². The molecule has 0 radical (unpaired) electrons. The van der Waals surface area contributed by atoms with Crippen LogP contribution in [0.3, 0.4) is 0 Å². The van der Waals surface area contributed by atoms with E-state index in [0.717, 1.165) is 11.1 Å². The molecule has 3 fully saturated rings. The van der Waals surface area contributed by atoms with Gasteiger partial charge in [-0.2, -0.15) is 0 Å². The minimum absolute atomic E-state index is 0.00467. The number of epoxide rings is 1. The number of anilines is 1. The Balaban J connectivity index is 1.24. The zero-order valence-electron chi connectivity index (χ0n) is 36.2. The molecule has 4 heterocycles. The summed E-state index contributed by atoms with van der Waals surface area (Å²) in [5.41, 5.74) is 2.96. The highest BCUT2D eigenvalue weighted by Crippen LogP contribution is 2.67. The van der Waals surface area contributed by atoms with E-state index in [1.165, 1.54) is 0 Å². The van der Waals surface area contributed by atoms with Crippen molar-refractivity contribution >= 4 is 23.5 Å². The molecule has 4 aliphatic heterocycles. The van der Waals surface area contributed by atoms with E-state index in [0.29, 0.717) is 45.0 Å². The van der Waals surface area contributed by atoms with Crippen LogP contribution in [0.25, 0.3) is 0 Å². The lowest BCUT2D eigenvalue weighted by Crippen LogP contribution is -2.58. The molecule has 0 aliphatic carbocycles. The van der Waals surface area contributed by atoms with Crippen molar-refractivity contribution < 1.29 is 43.5 Å². The molecule has 12 nitrogen and oxygen atoms in total. The summed E-state index contributed by atoms with van der Waals surface area (Å²) >= 11 is 0. The number of carbonyl (C=O) groups excluding carboxylic acids is 2. The maximum absolute atomic E-state index is 16.6. The van der Waals surface area contributed by atoms with E-state index in [9.17, 15) is 15.0 Å². The number of carboxylic acids is 1. The number of carboxylic acid groups (broad SMARTS) is 1. The number of aliphatic carboxylic acids is 1. The summed E-state index contributed by atoms with van der Waals surface area (Å²) in [7, 11) is 1.59. The third-order valence-electron chi connectivity index (χ3n) is 13.2. The minimum atomic E-state index is -2.01. The van der Waals surface area contributed by atoms with Crippen LogP contribution in [0.4, 0.5) is 5.69 Å². The van der Waals surface area contributed by atoms with Gasteiger partial charge in [0, 0.05) is 17.2 Å². The van der Waals surface area contributed by atoms with Crippen LogP contribution in [-0.4, -0.2) is 71.8 Å². The lowest BCUT2D eigenvalue weighted by molar-refractivity contribution is -0.179. The molecule has 0 saturated carbocycles. The van der Waals surface area contributed by atoms with Crippen LogP contribution in [0.2, 0.25) is 0 Å². The predicted octanol–water partition coefficient (Wildman–Crippen LogP) is 7.25. The number of hydrogen-bond donors (Lipinski definition) is 3. The van der Waals surface area contributed by atoms with Crippen LogP contribution < -0.4 is 19.7 Å². The molecular weight excluding hydrogens is 835 g/mol. The fraction of sp³-hybridized carbons (Fsp3) is 0.241. The van der Waals surface area contributed by atoms with Gasteiger partial charge in [-0.15, -0.1) is 0 Å². The van der Waals surface area contributed by atoms with Gasteiger partial charge in [0.2, 0.25) is 11.8 Å². The van der Waals surface area contributed by atoms with E-state index in [1.54, 1.807) is 42.3 Å². The number of rotatable bonds is 12. The van der Waals surface area contributed by atoms with Crippen LogP contribution >= 0.6 is 0 Å². The molecule has 8 atom stereocenters. The van der Waals surface area contributed by atoms with E-state index in [1.807, 2.05) is 139 Å². The molecule has 6 aromatic rings. The molecule has 3 N–H and O–H groups in total. The summed E-state index contributed by atoms with van der Waals surface area (Å²) in [4.78, 5) is 49.7. The number of ether oxygens (including phenoxy) is 4. The lowest BCUT2D eigenvalue weighted by Gasteiger charge is -2.46. The number of aliphatic hydroxyl groups is 1. The molecule has 332 valence electrons. The number of benzene rings is 6. The van der Waals surface area contributed by atoms with E-state index >= 15 is 9.59 Å². The first kappa shape index (κ1) is 42.7. The molecule has 10 rings (SSSR count). The van der Waals surface area contributed by atoms with E-state index in [4.69, 9.17) is 18.9 Å². The second kappa shape index (κ2) is 17.3. The summed E-state index contributed by atoms with van der Waals surface area (Å²) in [5.74, 6) is 1.82. The summed E-state index contributed by atoms with van der Waals surface area (Å²) < 4.78 is 24.1. The van der Waals surface area contributed by atoms with Crippen LogP contribution in [0.15, 0.2) is 158 Å². The molecule has 1 unspecified atom stereocenters. The summed E-state index contributed by atoms with van der Waals surface area (Å²) in [5, 5.41) is 25.2. The smallest absolute Gasteiger partial charge is 0.325 e. The Morgan fingerprint density at radius 3 is 2.08 bits per heavy atom. The van der Waals surface area contributed by atoms with Crippen molar-refractivity contribution in [3.05, 3.63) is 197 Å². The minimum Gasteiger partial charge on any atom is -0.497 e. The highest BCUT2D eigenvalue weighted by Gasteiger charge is 2.77. The highest BCUT2D eigenvalue weighted by molar-refractivity contribution is 6.13. The van der Waals surface area contributed by atoms with Gasteiger partial charge in [0.05, 0.1) is 31.5 Å². The van der Waals surface area contributed by atoms with Crippen molar-refractivity contribution in [2.24, 2.45) is 5.92 Å². The Bertz CT molecular complexity index is 2850. The molecule has 1 amide bonds. The Kier molecular flexibility index (Phi) is 11.2. The van der Waals surface area contributed by atoms with Crippen LogP contribution in [0.5, 0.6) is 11.5 Å². The summed E-state index contributed by atoms with van der Waals surface area (Å²) in [6.45, 7) is 1.84. The van der Waals surface area contributed by atoms with Crippen LogP contribution in [0, 0.1) is 17.8 Å². The number of nitrogens with one attached hydrogen (secondary N) is 1. The number of morpholine rings is 1. The molecular formula is C54H47N3O9. The predicted molar refractivity (Wildman–Crippen MR) is 244 cm³/mol. The van der Waals surface area contributed by atoms with Crippen molar-refractivity contribution in [3.8, 4) is 23.3 Å². The average molecular weight is 882 g/mol. The molecule has 4 aliphatic rings. The number of fused-ring (bicyclic) bond motifs is 3. The highest BCUT2D eigenvalue weighted by atomic mass is 16.6. The largest absolute Gasteiger partial charge is 0.497 e. The molecule has 1 spiro atoms. The van der Waals surface area contributed by atoms with Crippen molar-refractivity contribution in [2.75, 3.05) is 31.8 Å². The van der Waals surface area contributed by atoms with Crippen LogP contribution in [-0.2, 0) is 29.3 Å². The average Bonchev–Trinajstić information content (AvgIpc) is 3.98. The standard InChI is InChI=1S/C54H47N3O9/c1-34(37-13-6-3-7-14-37)55-53(33-65-53)57-44-28-25-36(22-21-35-23-26-41(63-2)27-24-35)31-43(44)54(52(57)62)45(50(59)60)47-51(61)66-48(39-17-10-5-11-18-39)46(38-15-8-4-9-16-38)56(47)49(54)40-19-12-20-42(32-40)64-30-29-58/h3-20,23-28,31-32,34,45-49,55,58H,29-30,33H2,1-2H3,(H,59,60)/t34-,45+,46+,47+,48-,49-,53?,54+/m0/s1. The fourth-order valence-electron chi connectivity index (χ4n) is 10.4. The number of hydrogen-bond acceptors (Lipinski definition) is 10. The number of nitrogens with zero attached hydrogens (tertiary/aromatic N) is 2. The number of carbonyl (C=O) groups is 3. The maximum atomic E-state index is 16.6. The number of cyclic esters (lactones) is 1. The third-order valence-corrected chi connectivity index (χ3v) is 13.2. The van der Waals surface area contributed by atoms with Gasteiger partial charge in [0.15, 0.2) is 0 Å². The third kappa shape index (κ3) is 7.17. The quantitative estimate of drug-likeness (QED) is 0.0648. The first-order valence-corrected chi connectivity index (χ1v) is 21.9. The Hall–Kier alpha value is -7.27. The Labute approximate surface area is 382 Å². The van der Waals surface area contributed by atoms with Gasteiger partial charge in [-0.25, -0.2) is 0 Å². The van der Waals surface area contributed by atoms with E-state index in [-0.39, 0.29) is 25.9 Å². The zero-order chi connectivity index (χ0) is 45.6. The summed E-state index contributed by atoms with van der Waals surface area (Å²) in [6, 6.07) is 44.8. The Morgan fingerprint density at radius 2 is 1.42 bits per heavy atom. The number of esters is 1. The van der Waals surface area contributed by atoms with Gasteiger partial charge in [-0.3, -0.25) is 29.5 Å². The molecule has 66 heavy (non-hydrogen) atoms. The van der Waals surface area contributed by atoms with E-state index in [2.05, 4.69) is 17.2 Å². The normalized spacial score (nSPS) is 25.6. The number of amides is 1. The van der Waals surface area contributed by atoms with Gasteiger partial charge < -0.3 is 29.2 Å². The summed E-state index contributed by atoms with van der Waals surface area (Å²) in [6.07, 6.45) is -0.904. The molecule has 0 aromatic heterocycles. The first-order chi connectivity index (χ1) is 32.2. The van der Waals surface area contributed by atoms with Crippen molar-refractivity contribution in [1.29, 1.82) is 0 Å². The number of aliphatic hydroxyl groups excluding tert-OH is 1. The van der Waals surface area contributed by atoms with Crippen molar-refractivity contribution in [3.63, 3.8) is 0 Å². The maximum Gasteiger partial charge on any atom is 0.325 e. The molecule has 3 saturated heterocycles. The second-order valence-corrected chi connectivity index (χ2v) is 16.9. The first-order valence-electron chi connectivity index (χ1n) is 21.9. The van der Waals surface area contributed by atoms with Crippen molar-refractivity contribution in [1.82, 2.24) is 10.2 Å². The van der Waals surface area contributed by atoms with Gasteiger partial charge in [-0.1, -0.05) is 115 Å². The van der Waals surface area contributed by atoms with Gasteiger partial charge in [0.25, 0.3) is 0 Å². The number of methoxy groups -OCH3 is 1. The van der Waals surface area contributed by atoms with Crippen molar-refractivity contribution in [2.45, 2.75) is 48.5 Å². The van der Waals surface area contributed by atoms with E-state index < -0.39 is 59.3 Å². The fourth-order valence-corrected chi connectivity index (χ4v) is 10.4.